The van der Waals surface area contributed by atoms with Gasteiger partial charge >= 0.3 is 0 Å². The lowest BCUT2D eigenvalue weighted by Crippen LogP contribution is -2.49. The van der Waals surface area contributed by atoms with Crippen LogP contribution in [0.25, 0.3) is 0 Å². The number of carbonyl (C=O) groups excluding carboxylic acids is 1. The number of methoxy groups -OCH3 is 1. The summed E-state index contributed by atoms with van der Waals surface area (Å²) < 4.78 is 5.30. The summed E-state index contributed by atoms with van der Waals surface area (Å²) in [5, 5.41) is 7.27. The van der Waals surface area contributed by atoms with Gasteiger partial charge in [0.1, 0.15) is 5.75 Å². The lowest BCUT2D eigenvalue weighted by atomic mass is 10.1. The number of aromatic amines is 1. The van der Waals surface area contributed by atoms with Crippen LogP contribution in [0.5, 0.6) is 5.75 Å². The van der Waals surface area contributed by atoms with E-state index in [1.165, 1.54) is 0 Å². The van der Waals surface area contributed by atoms with Gasteiger partial charge in [-0.05, 0) is 26.0 Å². The molecule has 1 aromatic carbocycles. The third-order valence-electron chi connectivity index (χ3n) is 4.31. The van der Waals surface area contributed by atoms with Crippen LogP contribution in [0.15, 0.2) is 24.3 Å². The molecule has 0 atom stereocenters. The summed E-state index contributed by atoms with van der Waals surface area (Å²) in [6, 6.07) is 7.38. The van der Waals surface area contributed by atoms with E-state index in [0.717, 1.165) is 30.2 Å². The van der Waals surface area contributed by atoms with E-state index in [9.17, 15) is 4.79 Å². The van der Waals surface area contributed by atoms with Gasteiger partial charge in [0.2, 0.25) is 0 Å². The second-order valence-corrected chi connectivity index (χ2v) is 5.76. The maximum absolute atomic E-state index is 12.7. The van der Waals surface area contributed by atoms with Crippen molar-refractivity contribution >= 4 is 11.6 Å². The molecule has 0 saturated carbocycles. The van der Waals surface area contributed by atoms with Gasteiger partial charge in [-0.3, -0.25) is 9.89 Å². The second-order valence-electron chi connectivity index (χ2n) is 5.76. The zero-order chi connectivity index (χ0) is 16.4. The molecule has 1 aliphatic heterocycles. The monoisotopic (exact) mass is 314 g/mol. The molecule has 1 aromatic heterocycles. The Morgan fingerprint density at radius 2 is 1.87 bits per heavy atom. The van der Waals surface area contributed by atoms with Gasteiger partial charge in [0, 0.05) is 26.2 Å². The predicted octanol–water partition coefficient (Wildman–Crippen LogP) is 2.00. The van der Waals surface area contributed by atoms with Gasteiger partial charge in [0.15, 0.2) is 0 Å². The number of nitrogens with zero attached hydrogens (tertiary/aromatic N) is 3. The first kappa shape index (κ1) is 15.4. The molecule has 0 unspecified atom stereocenters. The quantitative estimate of drug-likeness (QED) is 0.941. The van der Waals surface area contributed by atoms with Gasteiger partial charge in [0.25, 0.3) is 5.91 Å². The van der Waals surface area contributed by atoms with Crippen LogP contribution in [-0.2, 0) is 0 Å². The van der Waals surface area contributed by atoms with E-state index >= 15 is 0 Å². The minimum absolute atomic E-state index is 0.0303. The van der Waals surface area contributed by atoms with Crippen molar-refractivity contribution in [2.45, 2.75) is 13.8 Å². The van der Waals surface area contributed by atoms with Crippen molar-refractivity contribution < 1.29 is 9.53 Å². The van der Waals surface area contributed by atoms with Crippen LogP contribution in [-0.4, -0.2) is 54.3 Å². The number of benzene rings is 1. The number of para-hydroxylation sites is 1. The Labute approximate surface area is 136 Å². The van der Waals surface area contributed by atoms with Crippen molar-refractivity contribution in [1.29, 1.82) is 0 Å². The number of aryl methyl sites for hydroxylation is 2. The number of aromatic nitrogens is 2. The number of H-pyrrole nitrogens is 1. The fraction of sp³-hybridized carbons (Fsp3) is 0.412. The molecule has 3 rings (SSSR count). The molecule has 0 aliphatic carbocycles. The van der Waals surface area contributed by atoms with Crippen LogP contribution >= 0.6 is 0 Å². The normalized spacial score (nSPS) is 14.9. The molecule has 6 nitrogen and oxygen atoms in total. The molecule has 23 heavy (non-hydrogen) atoms. The number of amides is 1. The van der Waals surface area contributed by atoms with Gasteiger partial charge in [-0.25, -0.2) is 0 Å². The molecule has 1 aliphatic rings. The first-order valence-electron chi connectivity index (χ1n) is 7.80. The summed E-state index contributed by atoms with van der Waals surface area (Å²) in [5.74, 6) is 0.657. The molecule has 0 radical (unpaired) electrons. The van der Waals surface area contributed by atoms with Gasteiger partial charge in [0.05, 0.1) is 29.7 Å². The Hall–Kier alpha value is -2.50. The van der Waals surface area contributed by atoms with Crippen LogP contribution in [0.1, 0.15) is 21.7 Å². The van der Waals surface area contributed by atoms with Crippen molar-refractivity contribution in [3.05, 3.63) is 41.2 Å². The average Bonchev–Trinajstić information content (AvgIpc) is 2.93. The minimum atomic E-state index is 0.0303. The molecule has 6 heteroatoms. The average molecular weight is 314 g/mol. The van der Waals surface area contributed by atoms with Crippen LogP contribution < -0.4 is 9.64 Å². The molecule has 0 bridgehead atoms. The predicted molar refractivity (Wildman–Crippen MR) is 89.2 cm³/mol. The molecule has 1 fully saturated rings. The standard InChI is InChI=1S/C17H22N4O2/c1-12-16(13(2)19-18-12)20-8-10-21(11-9-20)17(22)14-6-4-5-7-15(14)23-3/h4-7H,8-11H2,1-3H3,(H,18,19). The Morgan fingerprint density at radius 1 is 1.17 bits per heavy atom. The smallest absolute Gasteiger partial charge is 0.257 e. The highest BCUT2D eigenvalue weighted by Gasteiger charge is 2.26. The van der Waals surface area contributed by atoms with Gasteiger partial charge in [-0.1, -0.05) is 12.1 Å². The Morgan fingerprint density at radius 3 is 2.48 bits per heavy atom. The van der Waals surface area contributed by atoms with Crippen molar-refractivity contribution in [2.75, 3.05) is 38.2 Å². The number of ether oxygens (including phenoxy) is 1. The first-order valence-corrected chi connectivity index (χ1v) is 7.80. The lowest BCUT2D eigenvalue weighted by molar-refractivity contribution is 0.0743. The van der Waals surface area contributed by atoms with E-state index in [1.54, 1.807) is 7.11 Å². The molecule has 2 aromatic rings. The maximum Gasteiger partial charge on any atom is 0.257 e. The third kappa shape index (κ3) is 2.88. The highest BCUT2D eigenvalue weighted by Crippen LogP contribution is 2.25. The van der Waals surface area contributed by atoms with Crippen LogP contribution in [0, 0.1) is 13.8 Å². The fourth-order valence-electron chi connectivity index (χ4n) is 3.14. The van der Waals surface area contributed by atoms with E-state index in [0.29, 0.717) is 24.4 Å². The fourth-order valence-corrected chi connectivity index (χ4v) is 3.14. The second kappa shape index (κ2) is 6.32. The first-order chi connectivity index (χ1) is 11.1. The lowest BCUT2D eigenvalue weighted by Gasteiger charge is -2.36. The summed E-state index contributed by atoms with van der Waals surface area (Å²) in [4.78, 5) is 16.9. The van der Waals surface area contributed by atoms with Gasteiger partial charge < -0.3 is 14.5 Å². The van der Waals surface area contributed by atoms with E-state index in [1.807, 2.05) is 43.0 Å². The number of hydrogen-bond donors (Lipinski definition) is 1. The highest BCUT2D eigenvalue weighted by molar-refractivity contribution is 5.97. The molecule has 0 spiro atoms. The summed E-state index contributed by atoms with van der Waals surface area (Å²) >= 11 is 0. The number of nitrogens with one attached hydrogen (secondary N) is 1. The highest BCUT2D eigenvalue weighted by atomic mass is 16.5. The zero-order valence-electron chi connectivity index (χ0n) is 13.8. The molecule has 1 N–H and O–H groups in total. The van der Waals surface area contributed by atoms with Crippen LogP contribution in [0.2, 0.25) is 0 Å². The van der Waals surface area contributed by atoms with E-state index in [4.69, 9.17) is 4.74 Å². The van der Waals surface area contributed by atoms with Crippen molar-refractivity contribution in [1.82, 2.24) is 15.1 Å². The van der Waals surface area contributed by atoms with Gasteiger partial charge in [-0.15, -0.1) is 0 Å². The summed E-state index contributed by atoms with van der Waals surface area (Å²) in [5.41, 5.74) is 3.87. The SMILES string of the molecule is COc1ccccc1C(=O)N1CCN(c2c(C)n[nH]c2C)CC1. The van der Waals surface area contributed by atoms with Gasteiger partial charge in [-0.2, -0.15) is 5.10 Å². The summed E-state index contributed by atoms with van der Waals surface area (Å²) in [6.07, 6.45) is 0. The van der Waals surface area contributed by atoms with E-state index in [2.05, 4.69) is 15.1 Å². The maximum atomic E-state index is 12.7. The summed E-state index contributed by atoms with van der Waals surface area (Å²) in [7, 11) is 1.59. The third-order valence-corrected chi connectivity index (χ3v) is 4.31. The number of rotatable bonds is 3. The minimum Gasteiger partial charge on any atom is -0.496 e. The van der Waals surface area contributed by atoms with Crippen LogP contribution in [0.3, 0.4) is 0 Å². The van der Waals surface area contributed by atoms with Crippen molar-refractivity contribution in [3.63, 3.8) is 0 Å². The Kier molecular flexibility index (Phi) is 4.23. The molecule has 122 valence electrons. The van der Waals surface area contributed by atoms with Crippen LogP contribution in [0.4, 0.5) is 5.69 Å². The van der Waals surface area contributed by atoms with Crippen molar-refractivity contribution in [2.24, 2.45) is 0 Å². The molecule has 2 heterocycles. The number of anilines is 1. The van der Waals surface area contributed by atoms with E-state index in [-0.39, 0.29) is 5.91 Å². The Bertz CT molecular complexity index is 683. The number of carbonyl (C=O) groups is 1. The molecule has 1 amide bonds. The molecular formula is C17H22N4O2. The number of hydrogen-bond acceptors (Lipinski definition) is 4. The topological polar surface area (TPSA) is 61.5 Å². The van der Waals surface area contributed by atoms with E-state index < -0.39 is 0 Å². The summed E-state index contributed by atoms with van der Waals surface area (Å²) in [6.45, 7) is 7.04. The Balaban J connectivity index is 1.70. The number of piperazine rings is 1. The largest absolute Gasteiger partial charge is 0.496 e. The van der Waals surface area contributed by atoms with Crippen molar-refractivity contribution in [3.8, 4) is 5.75 Å². The zero-order valence-corrected chi connectivity index (χ0v) is 13.8. The molecular weight excluding hydrogens is 292 g/mol. The molecule has 1 saturated heterocycles.